The van der Waals surface area contributed by atoms with Gasteiger partial charge in [-0.2, -0.15) is 0 Å². The summed E-state index contributed by atoms with van der Waals surface area (Å²) >= 11 is 0. The van der Waals surface area contributed by atoms with Crippen molar-refractivity contribution in [2.45, 2.75) is 64.7 Å². The first-order valence-electron chi connectivity index (χ1n) is 13.8. The highest BCUT2D eigenvalue weighted by Gasteiger charge is 2.06. The first-order valence-corrected chi connectivity index (χ1v) is 13.8. The Morgan fingerprint density at radius 3 is 2.14 bits per heavy atom. The van der Waals surface area contributed by atoms with E-state index >= 15 is 0 Å². The molecular formula is C32H42N2O3. The van der Waals surface area contributed by atoms with Gasteiger partial charge in [0.1, 0.15) is 18.1 Å². The van der Waals surface area contributed by atoms with Crippen LogP contribution in [-0.4, -0.2) is 25.8 Å². The molecule has 2 N–H and O–H groups in total. The number of benzene rings is 3. The molecule has 0 bridgehead atoms. The highest BCUT2D eigenvalue weighted by molar-refractivity contribution is 5.89. The zero-order valence-electron chi connectivity index (χ0n) is 22.2. The van der Waals surface area contributed by atoms with Crippen molar-refractivity contribution in [1.82, 2.24) is 5.32 Å². The summed E-state index contributed by atoms with van der Waals surface area (Å²) in [7, 11) is 0. The van der Waals surface area contributed by atoms with Crippen LogP contribution in [0.5, 0.6) is 11.5 Å². The molecule has 0 aromatic heterocycles. The van der Waals surface area contributed by atoms with Gasteiger partial charge in [-0.05, 0) is 47.9 Å². The summed E-state index contributed by atoms with van der Waals surface area (Å²) in [4.78, 5) is 12.3. The van der Waals surface area contributed by atoms with E-state index in [-0.39, 0.29) is 6.03 Å². The standard InChI is InChI=1S/C32H42N2O3/c1-2-3-4-5-6-7-8-14-24-36-30-21-19-29(20-22-30)34-32(35)33-23-25-37-31-18-13-12-17-28(31)26-27-15-10-9-11-16-27/h9-13,15-22H,2-8,14,23-26H2,1H3,(H2,33,34,35). The van der Waals surface area contributed by atoms with E-state index in [0.717, 1.165) is 42.2 Å². The maximum atomic E-state index is 12.3. The van der Waals surface area contributed by atoms with Crippen LogP contribution in [0, 0.1) is 0 Å². The van der Waals surface area contributed by atoms with Crippen LogP contribution in [0.15, 0.2) is 78.9 Å². The van der Waals surface area contributed by atoms with Crippen molar-refractivity contribution >= 4 is 11.7 Å². The Balaban J connectivity index is 1.28. The molecule has 0 saturated heterocycles. The summed E-state index contributed by atoms with van der Waals surface area (Å²) in [5.41, 5.74) is 3.09. The molecule has 0 saturated carbocycles. The number of para-hydroxylation sites is 1. The molecule has 3 rings (SSSR count). The molecule has 0 fully saturated rings. The molecule has 2 amide bonds. The molecule has 0 spiro atoms. The molecule has 0 atom stereocenters. The van der Waals surface area contributed by atoms with E-state index in [9.17, 15) is 4.79 Å². The normalized spacial score (nSPS) is 10.6. The summed E-state index contributed by atoms with van der Waals surface area (Å²) in [6, 6.07) is 25.6. The van der Waals surface area contributed by atoms with Gasteiger partial charge in [0.2, 0.25) is 0 Å². The van der Waals surface area contributed by atoms with E-state index < -0.39 is 0 Å². The third kappa shape index (κ3) is 11.4. The number of carbonyl (C=O) groups excluding carboxylic acids is 1. The van der Waals surface area contributed by atoms with Crippen LogP contribution in [0.2, 0.25) is 0 Å². The van der Waals surface area contributed by atoms with Crippen LogP contribution in [-0.2, 0) is 6.42 Å². The number of unbranched alkanes of at least 4 members (excludes halogenated alkanes) is 7. The Bertz CT molecular complexity index is 1020. The van der Waals surface area contributed by atoms with Crippen molar-refractivity contribution < 1.29 is 14.3 Å². The number of urea groups is 1. The average molecular weight is 503 g/mol. The molecule has 3 aromatic rings. The lowest BCUT2D eigenvalue weighted by Gasteiger charge is -2.13. The molecule has 5 heteroatoms. The molecule has 0 unspecified atom stereocenters. The maximum absolute atomic E-state index is 12.3. The molecule has 0 aliphatic heterocycles. The van der Waals surface area contributed by atoms with Crippen molar-refractivity contribution in [2.75, 3.05) is 25.1 Å². The van der Waals surface area contributed by atoms with Crippen LogP contribution in [0.3, 0.4) is 0 Å². The number of rotatable bonds is 17. The Kier molecular flexibility index (Phi) is 13.0. The Labute approximate surface area is 222 Å². The zero-order valence-corrected chi connectivity index (χ0v) is 22.2. The van der Waals surface area contributed by atoms with Crippen LogP contribution < -0.4 is 20.1 Å². The van der Waals surface area contributed by atoms with Crippen LogP contribution in [0.4, 0.5) is 10.5 Å². The second-order valence-electron chi connectivity index (χ2n) is 9.35. The lowest BCUT2D eigenvalue weighted by Crippen LogP contribution is -2.32. The molecule has 3 aromatic carbocycles. The maximum Gasteiger partial charge on any atom is 0.319 e. The van der Waals surface area contributed by atoms with Crippen molar-refractivity contribution in [2.24, 2.45) is 0 Å². The van der Waals surface area contributed by atoms with Gasteiger partial charge >= 0.3 is 6.03 Å². The number of nitrogens with one attached hydrogen (secondary N) is 2. The van der Waals surface area contributed by atoms with Crippen molar-refractivity contribution in [3.8, 4) is 11.5 Å². The van der Waals surface area contributed by atoms with Gasteiger partial charge < -0.3 is 20.1 Å². The summed E-state index contributed by atoms with van der Waals surface area (Å²) in [5, 5.41) is 5.70. The minimum Gasteiger partial charge on any atom is -0.494 e. The second kappa shape index (κ2) is 17.1. The first kappa shape index (κ1) is 28.1. The second-order valence-corrected chi connectivity index (χ2v) is 9.35. The summed E-state index contributed by atoms with van der Waals surface area (Å²) < 4.78 is 11.8. The van der Waals surface area contributed by atoms with Crippen molar-refractivity contribution in [3.63, 3.8) is 0 Å². The van der Waals surface area contributed by atoms with E-state index in [2.05, 4.69) is 35.8 Å². The Morgan fingerprint density at radius 2 is 1.38 bits per heavy atom. The number of ether oxygens (including phenoxy) is 2. The molecule has 0 aliphatic rings. The molecule has 198 valence electrons. The highest BCUT2D eigenvalue weighted by Crippen LogP contribution is 2.21. The van der Waals surface area contributed by atoms with Gasteiger partial charge in [0, 0.05) is 12.1 Å². The van der Waals surface area contributed by atoms with E-state index in [0.29, 0.717) is 13.2 Å². The number of carbonyl (C=O) groups is 1. The van der Waals surface area contributed by atoms with Crippen LogP contribution in [0.25, 0.3) is 0 Å². The lowest BCUT2D eigenvalue weighted by atomic mass is 10.0. The van der Waals surface area contributed by atoms with E-state index in [1.165, 1.54) is 50.5 Å². The fourth-order valence-corrected chi connectivity index (χ4v) is 4.17. The predicted molar refractivity (Wildman–Crippen MR) is 153 cm³/mol. The SMILES string of the molecule is CCCCCCCCCCOc1ccc(NC(=O)NCCOc2ccccc2Cc2ccccc2)cc1. The fraction of sp³-hybridized carbons (Fsp3) is 0.406. The number of amides is 2. The van der Waals surface area contributed by atoms with Crippen molar-refractivity contribution in [1.29, 1.82) is 0 Å². The minimum absolute atomic E-state index is 0.256. The van der Waals surface area contributed by atoms with Gasteiger partial charge in [-0.25, -0.2) is 4.79 Å². The topological polar surface area (TPSA) is 59.6 Å². The van der Waals surface area contributed by atoms with E-state index in [1.54, 1.807) is 0 Å². The summed E-state index contributed by atoms with van der Waals surface area (Å²) in [6.07, 6.45) is 11.1. The predicted octanol–water partition coefficient (Wildman–Crippen LogP) is 8.00. The summed E-state index contributed by atoms with van der Waals surface area (Å²) in [5.74, 6) is 1.67. The van der Waals surface area contributed by atoms with Crippen molar-refractivity contribution in [3.05, 3.63) is 90.0 Å². The van der Waals surface area contributed by atoms with Gasteiger partial charge in [-0.15, -0.1) is 0 Å². The number of anilines is 1. The third-order valence-electron chi connectivity index (χ3n) is 6.23. The zero-order chi connectivity index (χ0) is 26.0. The average Bonchev–Trinajstić information content (AvgIpc) is 2.92. The first-order chi connectivity index (χ1) is 18.2. The Morgan fingerprint density at radius 1 is 0.703 bits per heavy atom. The molecule has 5 nitrogen and oxygen atoms in total. The molecular weight excluding hydrogens is 460 g/mol. The quantitative estimate of drug-likeness (QED) is 0.184. The smallest absolute Gasteiger partial charge is 0.319 e. The lowest BCUT2D eigenvalue weighted by molar-refractivity contribution is 0.247. The van der Waals surface area contributed by atoms with Crippen LogP contribution >= 0.6 is 0 Å². The number of hydrogen-bond acceptors (Lipinski definition) is 3. The summed E-state index contributed by atoms with van der Waals surface area (Å²) in [6.45, 7) is 3.78. The third-order valence-corrected chi connectivity index (χ3v) is 6.23. The highest BCUT2D eigenvalue weighted by atomic mass is 16.5. The van der Waals surface area contributed by atoms with E-state index in [4.69, 9.17) is 9.47 Å². The monoisotopic (exact) mass is 502 g/mol. The molecule has 37 heavy (non-hydrogen) atoms. The molecule has 0 heterocycles. The molecule has 0 aliphatic carbocycles. The fourth-order valence-electron chi connectivity index (χ4n) is 4.17. The minimum atomic E-state index is -0.256. The van der Waals surface area contributed by atoms with E-state index in [1.807, 2.05) is 60.7 Å². The largest absolute Gasteiger partial charge is 0.494 e. The van der Waals surface area contributed by atoms with Gasteiger partial charge in [-0.1, -0.05) is 100 Å². The van der Waals surface area contributed by atoms with Gasteiger partial charge in [-0.3, -0.25) is 0 Å². The van der Waals surface area contributed by atoms with Gasteiger partial charge in [0.15, 0.2) is 0 Å². The van der Waals surface area contributed by atoms with Gasteiger partial charge in [0.25, 0.3) is 0 Å². The van der Waals surface area contributed by atoms with Crippen LogP contribution in [0.1, 0.15) is 69.4 Å². The number of hydrogen-bond donors (Lipinski definition) is 2. The molecule has 0 radical (unpaired) electrons. The Hall–Kier alpha value is -3.47. The van der Waals surface area contributed by atoms with Gasteiger partial charge in [0.05, 0.1) is 13.2 Å².